The lowest BCUT2D eigenvalue weighted by atomic mass is 9.96. The second kappa shape index (κ2) is 25.8. The molecule has 4 atom stereocenters. The van der Waals surface area contributed by atoms with Gasteiger partial charge in [-0.15, -0.1) is 0 Å². The van der Waals surface area contributed by atoms with E-state index in [2.05, 4.69) is 6.92 Å². The quantitative estimate of drug-likeness (QED) is 0.0812. The van der Waals surface area contributed by atoms with Crippen molar-refractivity contribution in [3.63, 3.8) is 0 Å². The number of ether oxygens (including phenoxy) is 3. The minimum absolute atomic E-state index is 0.0129. The van der Waals surface area contributed by atoms with Crippen LogP contribution in [0.3, 0.4) is 0 Å². The van der Waals surface area contributed by atoms with E-state index in [9.17, 15) is 15.0 Å². The number of unbranched alkanes of at least 4 members (excludes halogenated alkanes) is 6. The van der Waals surface area contributed by atoms with Crippen LogP contribution >= 0.6 is 0 Å². The number of carbonyl (C=O) groups excluding carboxylic acids is 1. The number of aliphatic hydroxyl groups excluding tert-OH is 5. The van der Waals surface area contributed by atoms with Gasteiger partial charge in [0.2, 0.25) is 0 Å². The van der Waals surface area contributed by atoms with Gasteiger partial charge in [-0.2, -0.15) is 0 Å². The summed E-state index contributed by atoms with van der Waals surface area (Å²) in [6.07, 6.45) is 8.34. The monoisotopic (exact) mass is 522 g/mol. The first-order valence-electron chi connectivity index (χ1n) is 14.1. The predicted octanol–water partition coefficient (Wildman–Crippen LogP) is 2.87. The summed E-state index contributed by atoms with van der Waals surface area (Å²) < 4.78 is 16.7. The molecule has 0 aliphatic heterocycles. The largest absolute Gasteiger partial charge is 0.466 e. The molecule has 0 radical (unpaired) electrons. The van der Waals surface area contributed by atoms with Crippen LogP contribution in [0.1, 0.15) is 103 Å². The maximum Gasteiger partial charge on any atom is 0.305 e. The Hall–Kier alpha value is -0.810. The first-order chi connectivity index (χ1) is 17.5. The van der Waals surface area contributed by atoms with Crippen molar-refractivity contribution >= 4 is 5.97 Å². The molecule has 0 amide bonds. The third-order valence-electron chi connectivity index (χ3n) is 6.14. The Morgan fingerprint density at radius 3 is 1.83 bits per heavy atom. The van der Waals surface area contributed by atoms with Gasteiger partial charge < -0.3 is 39.7 Å². The minimum Gasteiger partial charge on any atom is -0.466 e. The molecular formula is C27H54O9. The van der Waals surface area contributed by atoms with E-state index in [0.717, 1.165) is 51.4 Å². The van der Waals surface area contributed by atoms with Crippen LogP contribution in [0.2, 0.25) is 0 Å². The molecule has 36 heavy (non-hydrogen) atoms. The summed E-state index contributed by atoms with van der Waals surface area (Å²) in [5.41, 5.74) is 0. The van der Waals surface area contributed by atoms with Gasteiger partial charge in [0.05, 0.1) is 31.0 Å². The van der Waals surface area contributed by atoms with Crippen LogP contribution in [0.15, 0.2) is 0 Å². The number of aliphatic hydroxyl groups is 5. The molecule has 5 N–H and O–H groups in total. The minimum atomic E-state index is -0.808. The maximum absolute atomic E-state index is 11.6. The Kier molecular flexibility index (Phi) is 25.2. The number of esters is 1. The van der Waals surface area contributed by atoms with Gasteiger partial charge in [0.25, 0.3) is 0 Å². The predicted molar refractivity (Wildman–Crippen MR) is 139 cm³/mol. The molecule has 216 valence electrons. The average Bonchev–Trinajstić information content (AvgIpc) is 2.86. The summed E-state index contributed by atoms with van der Waals surface area (Å²) in [5.74, 6) is -0.225. The van der Waals surface area contributed by atoms with Crippen molar-refractivity contribution in [1.29, 1.82) is 0 Å². The zero-order valence-corrected chi connectivity index (χ0v) is 22.5. The van der Waals surface area contributed by atoms with Crippen molar-refractivity contribution in [3.8, 4) is 0 Å². The first kappa shape index (κ1) is 35.2. The van der Waals surface area contributed by atoms with E-state index < -0.39 is 24.4 Å². The van der Waals surface area contributed by atoms with Crippen molar-refractivity contribution in [3.05, 3.63) is 0 Å². The van der Waals surface area contributed by atoms with Crippen LogP contribution in [0.5, 0.6) is 0 Å². The van der Waals surface area contributed by atoms with Gasteiger partial charge in [-0.1, -0.05) is 51.9 Å². The lowest BCUT2D eigenvalue weighted by molar-refractivity contribution is -0.144. The van der Waals surface area contributed by atoms with Crippen LogP contribution in [0, 0.1) is 0 Å². The molecule has 0 rings (SSSR count). The lowest BCUT2D eigenvalue weighted by Crippen LogP contribution is -2.39. The van der Waals surface area contributed by atoms with Gasteiger partial charge in [0.15, 0.2) is 0 Å². The molecule has 0 saturated heterocycles. The molecule has 0 aliphatic rings. The molecule has 4 unspecified atom stereocenters. The van der Waals surface area contributed by atoms with Crippen LogP contribution in [-0.2, 0) is 19.0 Å². The summed E-state index contributed by atoms with van der Waals surface area (Å²) >= 11 is 0. The highest BCUT2D eigenvalue weighted by atomic mass is 16.5. The smallest absolute Gasteiger partial charge is 0.305 e. The fraction of sp³-hybridized carbons (Fsp3) is 0.963. The van der Waals surface area contributed by atoms with Gasteiger partial charge in [0.1, 0.15) is 0 Å². The van der Waals surface area contributed by atoms with E-state index >= 15 is 0 Å². The van der Waals surface area contributed by atoms with E-state index in [1.165, 1.54) is 0 Å². The third kappa shape index (κ3) is 20.3. The highest BCUT2D eigenvalue weighted by Crippen LogP contribution is 2.21. The number of carbonyl (C=O) groups is 1. The number of hydrogen-bond acceptors (Lipinski definition) is 9. The van der Waals surface area contributed by atoms with Crippen molar-refractivity contribution in [2.45, 2.75) is 128 Å². The average molecular weight is 523 g/mol. The van der Waals surface area contributed by atoms with E-state index in [4.69, 9.17) is 29.5 Å². The van der Waals surface area contributed by atoms with Crippen LogP contribution in [0.4, 0.5) is 0 Å². The maximum atomic E-state index is 11.6. The zero-order chi connectivity index (χ0) is 26.9. The summed E-state index contributed by atoms with van der Waals surface area (Å²) in [6, 6.07) is 0. The molecular weight excluding hydrogens is 468 g/mol. The molecule has 0 aliphatic carbocycles. The van der Waals surface area contributed by atoms with Crippen LogP contribution < -0.4 is 0 Å². The Morgan fingerprint density at radius 1 is 0.639 bits per heavy atom. The number of hydrogen-bond donors (Lipinski definition) is 5. The Labute approximate surface area is 218 Å². The summed E-state index contributed by atoms with van der Waals surface area (Å²) in [5, 5.41) is 48.5. The highest BCUT2D eigenvalue weighted by molar-refractivity contribution is 5.69. The Balaban J connectivity index is 4.55. The molecule has 0 saturated carbocycles. The van der Waals surface area contributed by atoms with E-state index in [1.54, 1.807) is 0 Å². The van der Waals surface area contributed by atoms with Gasteiger partial charge in [-0.3, -0.25) is 4.79 Å². The molecule has 0 spiro atoms. The van der Waals surface area contributed by atoms with Gasteiger partial charge >= 0.3 is 5.97 Å². The summed E-state index contributed by atoms with van der Waals surface area (Å²) in [6.45, 7) is 3.10. The van der Waals surface area contributed by atoms with Gasteiger partial charge in [0, 0.05) is 52.3 Å². The second-order valence-electron chi connectivity index (χ2n) is 9.44. The molecule has 9 nitrogen and oxygen atoms in total. The zero-order valence-electron chi connectivity index (χ0n) is 22.5. The van der Waals surface area contributed by atoms with E-state index in [-0.39, 0.29) is 38.8 Å². The molecule has 0 aromatic heterocycles. The fourth-order valence-corrected chi connectivity index (χ4v) is 3.97. The topological polar surface area (TPSA) is 146 Å². The molecule has 0 aromatic rings. The normalized spacial score (nSPS) is 14.9. The third-order valence-corrected chi connectivity index (χ3v) is 6.14. The van der Waals surface area contributed by atoms with Crippen molar-refractivity contribution in [2.75, 3.05) is 39.6 Å². The second-order valence-corrected chi connectivity index (χ2v) is 9.44. The molecule has 0 heterocycles. The van der Waals surface area contributed by atoms with Gasteiger partial charge in [-0.05, 0) is 32.1 Å². The highest BCUT2D eigenvalue weighted by Gasteiger charge is 2.28. The molecule has 0 aromatic carbocycles. The Bertz CT molecular complexity index is 478. The summed E-state index contributed by atoms with van der Waals surface area (Å²) in [7, 11) is 0. The Morgan fingerprint density at radius 2 is 1.19 bits per heavy atom. The molecule has 0 bridgehead atoms. The van der Waals surface area contributed by atoms with E-state index in [0.29, 0.717) is 51.7 Å². The lowest BCUT2D eigenvalue weighted by Gasteiger charge is -2.30. The summed E-state index contributed by atoms with van der Waals surface area (Å²) in [4.78, 5) is 11.6. The van der Waals surface area contributed by atoms with Crippen molar-refractivity contribution in [1.82, 2.24) is 0 Å². The number of rotatable bonds is 27. The first-order valence-corrected chi connectivity index (χ1v) is 14.1. The SMILES string of the molecule is CCCCCC(O)C(CC(O)C(CCCCCCCC(=O)OCCCO)OCCCO)OCCCO. The standard InChI is InChI=1S/C27H54O9/c1-2-3-7-13-23(31)26(35-20-11-17-29)22-24(32)25(34-19-10-16-28)14-8-5-4-6-9-15-27(33)36-21-12-18-30/h23-26,28-32H,2-22H2,1H3. The van der Waals surface area contributed by atoms with Gasteiger partial charge in [-0.25, -0.2) is 0 Å². The fourth-order valence-electron chi connectivity index (χ4n) is 3.97. The van der Waals surface area contributed by atoms with Crippen molar-refractivity contribution < 1.29 is 44.5 Å². The molecule has 0 fully saturated rings. The molecule has 9 heteroatoms. The van der Waals surface area contributed by atoms with Crippen molar-refractivity contribution in [2.24, 2.45) is 0 Å². The van der Waals surface area contributed by atoms with Crippen LogP contribution in [-0.4, -0.2) is 95.6 Å². The van der Waals surface area contributed by atoms with Crippen LogP contribution in [0.25, 0.3) is 0 Å². The van der Waals surface area contributed by atoms with E-state index in [1.807, 2.05) is 0 Å².